The quantitative estimate of drug-likeness (QED) is 0.837. The van der Waals surface area contributed by atoms with Crippen molar-refractivity contribution in [3.8, 4) is 0 Å². The number of aryl methyl sites for hydroxylation is 1. The maximum atomic E-state index is 12.5. The van der Waals surface area contributed by atoms with Gasteiger partial charge in [-0.2, -0.15) is 4.31 Å². The van der Waals surface area contributed by atoms with E-state index in [0.29, 0.717) is 42.0 Å². The Kier molecular flexibility index (Phi) is 5.23. The second kappa shape index (κ2) is 7.24. The third-order valence-corrected chi connectivity index (χ3v) is 7.44. The molecule has 10 heteroatoms. The van der Waals surface area contributed by atoms with Crippen molar-refractivity contribution in [3.63, 3.8) is 0 Å². The molecule has 25 heavy (non-hydrogen) atoms. The molecule has 2 aromatic rings. The molecule has 1 amide bonds. The molecule has 0 radical (unpaired) electrons. The number of carbonyl (C=O) groups is 1. The number of hydrogen-bond donors (Lipinski definition) is 1. The summed E-state index contributed by atoms with van der Waals surface area (Å²) in [6.45, 7) is 5.28. The number of thiophene rings is 1. The first-order chi connectivity index (χ1) is 11.9. The minimum absolute atomic E-state index is 0.203. The van der Waals surface area contributed by atoms with Crippen LogP contribution in [0.2, 0.25) is 0 Å². The molecule has 1 aliphatic rings. The largest absolute Gasteiger partial charge is 0.338 e. The van der Waals surface area contributed by atoms with Gasteiger partial charge in [0, 0.05) is 32.2 Å². The van der Waals surface area contributed by atoms with Crippen molar-refractivity contribution in [2.75, 3.05) is 31.5 Å². The van der Waals surface area contributed by atoms with Crippen LogP contribution in [0.5, 0.6) is 0 Å². The smallest absolute Gasteiger partial charge is 0.252 e. The van der Waals surface area contributed by atoms with E-state index in [1.165, 1.54) is 15.6 Å². The molecule has 3 rings (SSSR count). The first-order valence-corrected chi connectivity index (χ1v) is 10.2. The minimum Gasteiger partial charge on any atom is -0.338 e. The number of nitrogens with zero attached hydrogens (tertiary/aromatic N) is 3. The topological polar surface area (TPSA) is 95.8 Å². The average molecular weight is 384 g/mol. The van der Waals surface area contributed by atoms with Crippen LogP contribution in [-0.2, 0) is 14.8 Å². The lowest BCUT2D eigenvalue weighted by Crippen LogP contribution is -2.53. The summed E-state index contributed by atoms with van der Waals surface area (Å²) in [7, 11) is -3.43. The molecule has 1 atom stereocenters. The van der Waals surface area contributed by atoms with Crippen molar-refractivity contribution in [2.24, 2.45) is 0 Å². The summed E-state index contributed by atoms with van der Waals surface area (Å²) >= 11 is 1.22. The van der Waals surface area contributed by atoms with Gasteiger partial charge in [-0.25, -0.2) is 8.42 Å². The van der Waals surface area contributed by atoms with E-state index in [2.05, 4.69) is 10.5 Å². The highest BCUT2D eigenvalue weighted by molar-refractivity contribution is 7.91. The molecule has 0 saturated carbocycles. The molecule has 0 unspecified atom stereocenters. The first kappa shape index (κ1) is 18.1. The Bertz CT molecular complexity index is 824. The van der Waals surface area contributed by atoms with Crippen LogP contribution in [0.3, 0.4) is 0 Å². The van der Waals surface area contributed by atoms with Gasteiger partial charge in [-0.3, -0.25) is 15.0 Å². The minimum atomic E-state index is -3.43. The van der Waals surface area contributed by atoms with Crippen LogP contribution in [0.25, 0.3) is 0 Å². The van der Waals surface area contributed by atoms with E-state index in [-0.39, 0.29) is 5.91 Å². The molecule has 136 valence electrons. The Hall–Kier alpha value is -1.75. The lowest BCUT2D eigenvalue weighted by atomic mass is 10.2. The lowest BCUT2D eigenvalue weighted by molar-refractivity contribution is -0.121. The van der Waals surface area contributed by atoms with Crippen LogP contribution < -0.4 is 5.32 Å². The zero-order chi connectivity index (χ0) is 18.0. The maximum absolute atomic E-state index is 12.5. The van der Waals surface area contributed by atoms with Crippen LogP contribution in [0, 0.1) is 6.92 Å². The molecule has 0 aromatic carbocycles. The van der Waals surface area contributed by atoms with E-state index in [1.54, 1.807) is 37.4 Å². The number of piperazine rings is 1. The Balaban J connectivity index is 1.57. The monoisotopic (exact) mass is 384 g/mol. The zero-order valence-corrected chi connectivity index (χ0v) is 15.6. The van der Waals surface area contributed by atoms with E-state index in [9.17, 15) is 13.2 Å². The highest BCUT2D eigenvalue weighted by Crippen LogP contribution is 2.22. The van der Waals surface area contributed by atoms with Gasteiger partial charge < -0.3 is 4.52 Å². The molecule has 0 aliphatic carbocycles. The maximum Gasteiger partial charge on any atom is 0.252 e. The van der Waals surface area contributed by atoms with Gasteiger partial charge in [-0.1, -0.05) is 11.2 Å². The Morgan fingerprint density at radius 3 is 2.64 bits per heavy atom. The number of sulfonamides is 1. The highest BCUT2D eigenvalue weighted by Gasteiger charge is 2.32. The second-order valence-corrected chi connectivity index (χ2v) is 8.98. The Morgan fingerprint density at radius 2 is 2.08 bits per heavy atom. The molecular formula is C15H20N4O4S2. The number of nitrogens with one attached hydrogen (secondary N) is 1. The zero-order valence-electron chi connectivity index (χ0n) is 14.0. The third kappa shape index (κ3) is 3.92. The number of carbonyl (C=O) groups excluding carboxylic acids is 1. The molecule has 1 saturated heterocycles. The van der Waals surface area contributed by atoms with Gasteiger partial charge in [-0.05, 0) is 25.3 Å². The van der Waals surface area contributed by atoms with Crippen LogP contribution in [0.4, 0.5) is 5.88 Å². The van der Waals surface area contributed by atoms with Gasteiger partial charge in [0.2, 0.25) is 11.8 Å². The van der Waals surface area contributed by atoms with E-state index < -0.39 is 16.1 Å². The second-order valence-electron chi connectivity index (χ2n) is 5.87. The van der Waals surface area contributed by atoms with Crippen LogP contribution >= 0.6 is 11.3 Å². The summed E-state index contributed by atoms with van der Waals surface area (Å²) in [5.74, 6) is 0.110. The summed E-state index contributed by atoms with van der Waals surface area (Å²) in [6, 6.07) is 4.60. The predicted molar refractivity (Wildman–Crippen MR) is 94.0 cm³/mol. The molecule has 1 fully saturated rings. The fraction of sp³-hybridized carbons (Fsp3) is 0.467. The fourth-order valence-corrected chi connectivity index (χ4v) is 5.25. The molecule has 2 aromatic heterocycles. The van der Waals surface area contributed by atoms with Crippen molar-refractivity contribution in [3.05, 3.63) is 29.3 Å². The number of rotatable bonds is 5. The number of aromatic nitrogens is 1. The van der Waals surface area contributed by atoms with Crippen LogP contribution in [0.15, 0.2) is 32.3 Å². The van der Waals surface area contributed by atoms with Gasteiger partial charge in [0.15, 0.2) is 0 Å². The van der Waals surface area contributed by atoms with Gasteiger partial charge in [0.05, 0.1) is 11.7 Å². The molecule has 3 heterocycles. The van der Waals surface area contributed by atoms with Crippen molar-refractivity contribution in [1.82, 2.24) is 14.4 Å². The van der Waals surface area contributed by atoms with Gasteiger partial charge in [0.25, 0.3) is 10.0 Å². The van der Waals surface area contributed by atoms with Crippen molar-refractivity contribution in [2.45, 2.75) is 24.1 Å². The van der Waals surface area contributed by atoms with Crippen molar-refractivity contribution in [1.29, 1.82) is 0 Å². The van der Waals surface area contributed by atoms with Crippen LogP contribution in [-0.4, -0.2) is 60.9 Å². The van der Waals surface area contributed by atoms with E-state index >= 15 is 0 Å². The number of anilines is 1. The summed E-state index contributed by atoms with van der Waals surface area (Å²) in [6.07, 6.45) is 0. The summed E-state index contributed by atoms with van der Waals surface area (Å²) in [5.41, 5.74) is 0.690. The third-order valence-electron chi connectivity index (χ3n) is 4.16. The number of amides is 1. The number of hydrogen-bond acceptors (Lipinski definition) is 7. The fourth-order valence-electron chi connectivity index (χ4n) is 2.68. The summed E-state index contributed by atoms with van der Waals surface area (Å²) in [4.78, 5) is 14.3. The Morgan fingerprint density at radius 1 is 1.36 bits per heavy atom. The molecule has 1 aliphatic heterocycles. The van der Waals surface area contributed by atoms with Gasteiger partial charge in [-0.15, -0.1) is 11.3 Å². The molecule has 8 nitrogen and oxygen atoms in total. The van der Waals surface area contributed by atoms with E-state index in [0.717, 1.165) is 0 Å². The molecule has 1 N–H and O–H groups in total. The van der Waals surface area contributed by atoms with Gasteiger partial charge in [0.1, 0.15) is 4.21 Å². The van der Waals surface area contributed by atoms with Crippen molar-refractivity contribution >= 4 is 33.2 Å². The lowest BCUT2D eigenvalue weighted by Gasteiger charge is -2.36. The van der Waals surface area contributed by atoms with E-state index in [1.807, 2.05) is 4.90 Å². The standard InChI is InChI=1S/C15H20N4O4S2/c1-11-10-13(23-17-11)16-15(20)12(2)18-5-7-19(8-6-18)25(21,22)14-4-3-9-24-14/h3-4,9-10,12H,5-8H2,1-2H3,(H,16,20)/t12-/m1/s1. The molecular weight excluding hydrogens is 364 g/mol. The molecule has 0 bridgehead atoms. The first-order valence-electron chi connectivity index (χ1n) is 7.90. The molecule has 0 spiro atoms. The van der Waals surface area contributed by atoms with Crippen molar-refractivity contribution < 1.29 is 17.7 Å². The predicted octanol–water partition coefficient (Wildman–Crippen LogP) is 1.38. The normalized spacial score (nSPS) is 18.2. The Labute approximate surface area is 150 Å². The average Bonchev–Trinajstić information content (AvgIpc) is 3.26. The van der Waals surface area contributed by atoms with Gasteiger partial charge >= 0.3 is 0 Å². The van der Waals surface area contributed by atoms with E-state index in [4.69, 9.17) is 4.52 Å². The SMILES string of the molecule is Cc1cc(NC(=O)[C@@H](C)N2CCN(S(=O)(=O)c3cccs3)CC2)on1. The summed E-state index contributed by atoms with van der Waals surface area (Å²) < 4.78 is 31.9. The highest BCUT2D eigenvalue weighted by atomic mass is 32.2. The summed E-state index contributed by atoms with van der Waals surface area (Å²) in [5, 5.41) is 8.16. The van der Waals surface area contributed by atoms with Crippen LogP contribution in [0.1, 0.15) is 12.6 Å².